The number of benzene rings is 3. The Bertz CT molecular complexity index is 1050. The summed E-state index contributed by atoms with van der Waals surface area (Å²) in [5.74, 6) is 0.488. The minimum absolute atomic E-state index is 0.0834. The zero-order valence-corrected chi connectivity index (χ0v) is 16.3. The molecule has 0 saturated carbocycles. The summed E-state index contributed by atoms with van der Waals surface area (Å²) in [6, 6.07) is 23.7. The number of sulfonamides is 1. The lowest BCUT2D eigenvalue weighted by Gasteiger charge is -2.35. The van der Waals surface area contributed by atoms with E-state index in [1.165, 1.54) is 4.31 Å². The number of fused-ring (bicyclic) bond motifs is 1. The van der Waals surface area contributed by atoms with Crippen LogP contribution < -0.4 is 9.04 Å². The van der Waals surface area contributed by atoms with Gasteiger partial charge < -0.3 is 9.47 Å². The van der Waals surface area contributed by atoms with Crippen molar-refractivity contribution >= 4 is 15.7 Å². The van der Waals surface area contributed by atoms with Gasteiger partial charge in [0.05, 0.1) is 23.7 Å². The standard InChI is InChI=1S/C22H21NO4S/c1-17-11-13-19(14-12-17)28(24,25)23-15-22(26-16-18-7-3-2-4-8-18)27-21-10-6-5-9-20(21)23/h2-14,22H,15-16H2,1H3. The second kappa shape index (κ2) is 7.66. The van der Waals surface area contributed by atoms with Crippen molar-refractivity contribution in [3.05, 3.63) is 90.0 Å². The number of anilines is 1. The van der Waals surface area contributed by atoms with E-state index in [1.807, 2.05) is 43.3 Å². The maximum Gasteiger partial charge on any atom is 0.264 e. The highest BCUT2D eigenvalue weighted by Crippen LogP contribution is 2.37. The van der Waals surface area contributed by atoms with Crippen molar-refractivity contribution in [1.29, 1.82) is 0 Å². The fraction of sp³-hybridized carbons (Fsp3) is 0.182. The van der Waals surface area contributed by atoms with Crippen LogP contribution in [0.1, 0.15) is 11.1 Å². The first-order valence-corrected chi connectivity index (χ1v) is 10.5. The Morgan fingerprint density at radius 1 is 0.964 bits per heavy atom. The zero-order chi connectivity index (χ0) is 19.6. The summed E-state index contributed by atoms with van der Waals surface area (Å²) < 4.78 is 39.7. The summed E-state index contributed by atoms with van der Waals surface area (Å²) in [5.41, 5.74) is 2.52. The number of nitrogens with zero attached hydrogens (tertiary/aromatic N) is 1. The van der Waals surface area contributed by atoms with Crippen molar-refractivity contribution in [2.45, 2.75) is 24.7 Å². The van der Waals surface area contributed by atoms with Crippen LogP contribution >= 0.6 is 0 Å². The molecule has 144 valence electrons. The number of hydrogen-bond donors (Lipinski definition) is 0. The Labute approximate surface area is 165 Å². The molecule has 1 aliphatic rings. The topological polar surface area (TPSA) is 55.8 Å². The molecule has 0 aliphatic carbocycles. The van der Waals surface area contributed by atoms with E-state index in [1.54, 1.807) is 42.5 Å². The van der Waals surface area contributed by atoms with Gasteiger partial charge in [0, 0.05) is 0 Å². The molecule has 0 N–H and O–H groups in total. The molecule has 0 fully saturated rings. The van der Waals surface area contributed by atoms with Gasteiger partial charge in [-0.05, 0) is 36.8 Å². The van der Waals surface area contributed by atoms with Crippen LogP contribution in [0.4, 0.5) is 5.69 Å². The van der Waals surface area contributed by atoms with E-state index in [2.05, 4.69) is 0 Å². The molecule has 1 atom stereocenters. The van der Waals surface area contributed by atoms with Gasteiger partial charge in [0.25, 0.3) is 10.0 Å². The Hall–Kier alpha value is -2.83. The number of para-hydroxylation sites is 2. The van der Waals surface area contributed by atoms with Crippen molar-refractivity contribution in [2.24, 2.45) is 0 Å². The third-order valence-corrected chi connectivity index (χ3v) is 6.39. The van der Waals surface area contributed by atoms with E-state index in [0.29, 0.717) is 18.0 Å². The molecule has 0 bridgehead atoms. The van der Waals surface area contributed by atoms with Crippen LogP contribution in [-0.2, 0) is 21.4 Å². The predicted molar refractivity (Wildman–Crippen MR) is 108 cm³/mol. The lowest BCUT2D eigenvalue weighted by molar-refractivity contribution is -0.0852. The quantitative estimate of drug-likeness (QED) is 0.652. The fourth-order valence-corrected chi connectivity index (χ4v) is 4.55. The molecule has 0 radical (unpaired) electrons. The highest BCUT2D eigenvalue weighted by molar-refractivity contribution is 7.92. The van der Waals surface area contributed by atoms with Gasteiger partial charge in [0.15, 0.2) is 0 Å². The molecule has 0 spiro atoms. The number of ether oxygens (including phenoxy) is 2. The minimum Gasteiger partial charge on any atom is -0.461 e. The Morgan fingerprint density at radius 3 is 2.39 bits per heavy atom. The molecule has 4 rings (SSSR count). The number of hydrogen-bond acceptors (Lipinski definition) is 4. The first-order valence-electron chi connectivity index (χ1n) is 9.05. The Morgan fingerprint density at radius 2 is 1.64 bits per heavy atom. The smallest absolute Gasteiger partial charge is 0.264 e. The molecule has 28 heavy (non-hydrogen) atoms. The van der Waals surface area contributed by atoms with Crippen molar-refractivity contribution in [2.75, 3.05) is 10.8 Å². The molecule has 1 unspecified atom stereocenters. The van der Waals surface area contributed by atoms with Crippen molar-refractivity contribution in [3.8, 4) is 5.75 Å². The second-order valence-corrected chi connectivity index (χ2v) is 8.52. The van der Waals surface area contributed by atoms with Crippen LogP contribution in [0.2, 0.25) is 0 Å². The third kappa shape index (κ3) is 3.74. The van der Waals surface area contributed by atoms with Crippen molar-refractivity contribution in [3.63, 3.8) is 0 Å². The van der Waals surface area contributed by atoms with E-state index in [-0.39, 0.29) is 11.4 Å². The lowest BCUT2D eigenvalue weighted by atomic mass is 10.2. The maximum absolute atomic E-state index is 13.3. The van der Waals surface area contributed by atoms with Gasteiger partial charge in [-0.25, -0.2) is 8.42 Å². The van der Waals surface area contributed by atoms with Gasteiger partial charge in [0.1, 0.15) is 5.75 Å². The SMILES string of the molecule is Cc1ccc(S(=O)(=O)N2CC(OCc3ccccc3)Oc3ccccc32)cc1. The summed E-state index contributed by atoms with van der Waals surface area (Å²) in [5, 5.41) is 0. The monoisotopic (exact) mass is 395 g/mol. The Balaban J connectivity index is 1.63. The zero-order valence-electron chi connectivity index (χ0n) is 15.5. The highest BCUT2D eigenvalue weighted by atomic mass is 32.2. The molecule has 0 aromatic heterocycles. The fourth-order valence-electron chi connectivity index (χ4n) is 3.09. The van der Waals surface area contributed by atoms with E-state index < -0.39 is 16.3 Å². The summed E-state index contributed by atoms with van der Waals surface area (Å²) in [7, 11) is -3.73. The molecule has 1 heterocycles. The maximum atomic E-state index is 13.3. The Kier molecular flexibility index (Phi) is 5.07. The number of aryl methyl sites for hydroxylation is 1. The van der Waals surface area contributed by atoms with E-state index in [4.69, 9.17) is 9.47 Å². The van der Waals surface area contributed by atoms with Crippen molar-refractivity contribution < 1.29 is 17.9 Å². The molecule has 1 aliphatic heterocycles. The van der Waals surface area contributed by atoms with Crippen LogP contribution in [0.15, 0.2) is 83.8 Å². The molecular weight excluding hydrogens is 374 g/mol. The van der Waals surface area contributed by atoms with Gasteiger partial charge in [-0.2, -0.15) is 0 Å². The molecular formula is C22H21NO4S. The van der Waals surface area contributed by atoms with Gasteiger partial charge in [-0.1, -0.05) is 60.2 Å². The molecule has 3 aromatic rings. The van der Waals surface area contributed by atoms with E-state index in [9.17, 15) is 8.42 Å². The van der Waals surface area contributed by atoms with E-state index >= 15 is 0 Å². The van der Waals surface area contributed by atoms with Crippen LogP contribution in [0.25, 0.3) is 0 Å². The first-order chi connectivity index (χ1) is 13.5. The summed E-state index contributed by atoms with van der Waals surface area (Å²) in [4.78, 5) is 0.247. The van der Waals surface area contributed by atoms with Crippen LogP contribution in [0, 0.1) is 6.92 Å². The largest absolute Gasteiger partial charge is 0.461 e. The van der Waals surface area contributed by atoms with Crippen LogP contribution in [0.5, 0.6) is 5.75 Å². The molecule has 0 amide bonds. The van der Waals surface area contributed by atoms with Gasteiger partial charge in [-0.3, -0.25) is 4.31 Å². The molecule has 0 saturated heterocycles. The molecule has 5 nitrogen and oxygen atoms in total. The highest BCUT2D eigenvalue weighted by Gasteiger charge is 2.34. The first kappa shape index (κ1) is 18.5. The summed E-state index contributed by atoms with van der Waals surface area (Å²) >= 11 is 0. The third-order valence-electron chi connectivity index (χ3n) is 4.59. The van der Waals surface area contributed by atoms with Crippen molar-refractivity contribution in [1.82, 2.24) is 0 Å². The average Bonchev–Trinajstić information content (AvgIpc) is 2.72. The molecule has 6 heteroatoms. The van der Waals surface area contributed by atoms with Gasteiger partial charge in [0.2, 0.25) is 6.29 Å². The van der Waals surface area contributed by atoms with Gasteiger partial charge in [-0.15, -0.1) is 0 Å². The lowest BCUT2D eigenvalue weighted by Crippen LogP contribution is -2.44. The number of rotatable bonds is 5. The minimum atomic E-state index is -3.73. The average molecular weight is 395 g/mol. The van der Waals surface area contributed by atoms with Crippen LogP contribution in [-0.4, -0.2) is 21.3 Å². The summed E-state index contributed by atoms with van der Waals surface area (Å²) in [6.07, 6.45) is -0.699. The van der Waals surface area contributed by atoms with Gasteiger partial charge >= 0.3 is 0 Å². The summed E-state index contributed by atoms with van der Waals surface area (Å²) in [6.45, 7) is 2.35. The second-order valence-electron chi connectivity index (χ2n) is 6.66. The molecule has 3 aromatic carbocycles. The van der Waals surface area contributed by atoms with Crippen LogP contribution in [0.3, 0.4) is 0 Å². The van der Waals surface area contributed by atoms with E-state index in [0.717, 1.165) is 11.1 Å². The predicted octanol–water partition coefficient (Wildman–Crippen LogP) is 4.13. The normalized spacial score (nSPS) is 16.3.